The topological polar surface area (TPSA) is 95.4 Å². The summed E-state index contributed by atoms with van der Waals surface area (Å²) in [5, 5.41) is 17.4. The highest BCUT2D eigenvalue weighted by Crippen LogP contribution is 2.14. The zero-order chi connectivity index (χ0) is 12.3. The second-order valence-corrected chi connectivity index (χ2v) is 3.50. The van der Waals surface area contributed by atoms with E-state index in [9.17, 15) is 4.79 Å². The smallest absolute Gasteiger partial charge is 0.335 e. The first-order chi connectivity index (χ1) is 8.20. The summed E-state index contributed by atoms with van der Waals surface area (Å²) in [5.74, 6) is -0.365. The highest BCUT2D eigenvalue weighted by molar-refractivity contribution is 5.92. The van der Waals surface area contributed by atoms with Crippen molar-refractivity contribution < 1.29 is 19.7 Å². The molecule has 3 N–H and O–H groups in total. The fraction of sp³-hybridized carbons (Fsp3) is 0.273. The van der Waals surface area contributed by atoms with Crippen LogP contribution >= 0.6 is 0 Å². The molecule has 0 amide bonds. The molecule has 1 aromatic carbocycles. The molecule has 0 radical (unpaired) electrons. The minimum absolute atomic E-state index is 0.0383. The van der Waals surface area contributed by atoms with Crippen molar-refractivity contribution in [1.29, 1.82) is 0 Å². The molecule has 0 aliphatic carbocycles. The maximum absolute atomic E-state index is 10.8. The molecule has 0 aliphatic rings. The summed E-state index contributed by atoms with van der Waals surface area (Å²) in [5.41, 5.74) is 1.56. The van der Waals surface area contributed by atoms with Gasteiger partial charge in [-0.2, -0.15) is 0 Å². The van der Waals surface area contributed by atoms with Gasteiger partial charge in [0.2, 0.25) is 0 Å². The number of carbonyl (C=O) groups is 1. The first kappa shape index (κ1) is 11.6. The third-order valence-electron chi connectivity index (χ3n) is 2.25. The first-order valence-corrected chi connectivity index (χ1v) is 5.11. The zero-order valence-electron chi connectivity index (χ0n) is 9.01. The Balaban J connectivity index is 2.21. The van der Waals surface area contributed by atoms with Crippen LogP contribution in [0.15, 0.2) is 18.2 Å². The number of imidazole rings is 1. The van der Waals surface area contributed by atoms with Crippen LogP contribution in [0.5, 0.6) is 0 Å². The Labute approximate surface area is 96.9 Å². The number of aliphatic hydroxyl groups excluding tert-OH is 1. The molecule has 0 aliphatic heterocycles. The SMILES string of the molecule is O=C(O)c1ccc2nc(COCCO)[nH]c2c1. The van der Waals surface area contributed by atoms with Crippen molar-refractivity contribution in [3.05, 3.63) is 29.6 Å². The molecule has 90 valence electrons. The van der Waals surface area contributed by atoms with Gasteiger partial charge in [0.25, 0.3) is 0 Å². The second kappa shape index (κ2) is 4.94. The van der Waals surface area contributed by atoms with E-state index >= 15 is 0 Å². The summed E-state index contributed by atoms with van der Waals surface area (Å²) in [4.78, 5) is 18.0. The molecular formula is C11H12N2O4. The number of ether oxygens (including phenoxy) is 1. The van der Waals surface area contributed by atoms with Crippen molar-refractivity contribution in [3.8, 4) is 0 Å². The summed E-state index contributed by atoms with van der Waals surface area (Å²) in [6.45, 7) is 0.471. The van der Waals surface area contributed by atoms with Gasteiger partial charge in [-0.05, 0) is 18.2 Å². The van der Waals surface area contributed by atoms with E-state index in [1.54, 1.807) is 6.07 Å². The van der Waals surface area contributed by atoms with Crippen LogP contribution in [0.25, 0.3) is 11.0 Å². The average Bonchev–Trinajstić information content (AvgIpc) is 2.70. The van der Waals surface area contributed by atoms with E-state index in [2.05, 4.69) is 9.97 Å². The molecule has 0 saturated heterocycles. The van der Waals surface area contributed by atoms with Gasteiger partial charge in [-0.3, -0.25) is 0 Å². The molecular weight excluding hydrogens is 224 g/mol. The molecule has 6 nitrogen and oxygen atoms in total. The number of hydrogen-bond donors (Lipinski definition) is 3. The molecule has 0 bridgehead atoms. The maximum Gasteiger partial charge on any atom is 0.335 e. The second-order valence-electron chi connectivity index (χ2n) is 3.50. The summed E-state index contributed by atoms with van der Waals surface area (Å²) in [6.07, 6.45) is 0. The minimum Gasteiger partial charge on any atom is -0.478 e. The van der Waals surface area contributed by atoms with Crippen LogP contribution in [0, 0.1) is 0 Å². The lowest BCUT2D eigenvalue weighted by Crippen LogP contribution is -2.00. The number of H-pyrrole nitrogens is 1. The lowest BCUT2D eigenvalue weighted by atomic mass is 10.2. The van der Waals surface area contributed by atoms with Gasteiger partial charge in [0.15, 0.2) is 0 Å². The van der Waals surface area contributed by atoms with E-state index in [4.69, 9.17) is 14.9 Å². The molecule has 6 heteroatoms. The van der Waals surface area contributed by atoms with Gasteiger partial charge < -0.3 is 19.9 Å². The number of nitrogens with zero attached hydrogens (tertiary/aromatic N) is 1. The van der Waals surface area contributed by atoms with Crippen molar-refractivity contribution in [2.75, 3.05) is 13.2 Å². The Bertz CT molecular complexity index is 535. The zero-order valence-corrected chi connectivity index (χ0v) is 9.01. The van der Waals surface area contributed by atoms with E-state index in [1.165, 1.54) is 12.1 Å². The normalized spacial score (nSPS) is 10.9. The molecule has 1 heterocycles. The molecule has 1 aromatic heterocycles. The Morgan fingerprint density at radius 1 is 1.47 bits per heavy atom. The number of nitrogens with one attached hydrogen (secondary N) is 1. The van der Waals surface area contributed by atoms with E-state index in [0.29, 0.717) is 16.9 Å². The van der Waals surface area contributed by atoms with Crippen LogP contribution in [0.4, 0.5) is 0 Å². The van der Waals surface area contributed by atoms with Crippen molar-refractivity contribution >= 4 is 17.0 Å². The van der Waals surface area contributed by atoms with Crippen LogP contribution in [-0.4, -0.2) is 39.4 Å². The molecule has 17 heavy (non-hydrogen) atoms. The molecule has 0 fully saturated rings. The number of hydrogen-bond acceptors (Lipinski definition) is 4. The van der Waals surface area contributed by atoms with E-state index in [0.717, 1.165) is 0 Å². The van der Waals surface area contributed by atoms with Crippen LogP contribution in [0.3, 0.4) is 0 Å². The third kappa shape index (κ3) is 2.61. The summed E-state index contributed by atoms with van der Waals surface area (Å²) in [6, 6.07) is 4.68. The van der Waals surface area contributed by atoms with E-state index in [1.807, 2.05) is 0 Å². The fourth-order valence-electron chi connectivity index (χ4n) is 1.50. The van der Waals surface area contributed by atoms with Gasteiger partial charge in [0.1, 0.15) is 12.4 Å². The van der Waals surface area contributed by atoms with Gasteiger partial charge in [0, 0.05) is 0 Å². The Kier molecular flexibility index (Phi) is 3.36. The third-order valence-corrected chi connectivity index (χ3v) is 2.25. The number of aliphatic hydroxyl groups is 1. The molecule has 2 rings (SSSR count). The van der Waals surface area contributed by atoms with Crippen molar-refractivity contribution in [2.45, 2.75) is 6.61 Å². The first-order valence-electron chi connectivity index (χ1n) is 5.11. The van der Waals surface area contributed by atoms with Crippen molar-refractivity contribution in [3.63, 3.8) is 0 Å². The predicted octanol–water partition coefficient (Wildman–Crippen LogP) is 0.770. The fourth-order valence-corrected chi connectivity index (χ4v) is 1.50. The van der Waals surface area contributed by atoms with Gasteiger partial charge >= 0.3 is 5.97 Å². The lowest BCUT2D eigenvalue weighted by molar-refractivity contribution is 0.0697. The number of carboxylic acids is 1. The number of aromatic carboxylic acids is 1. The van der Waals surface area contributed by atoms with Crippen molar-refractivity contribution in [2.24, 2.45) is 0 Å². The van der Waals surface area contributed by atoms with Crippen molar-refractivity contribution in [1.82, 2.24) is 9.97 Å². The number of benzene rings is 1. The van der Waals surface area contributed by atoms with E-state index in [-0.39, 0.29) is 25.4 Å². The summed E-state index contributed by atoms with van der Waals surface area (Å²) < 4.78 is 5.12. The number of aromatic amines is 1. The van der Waals surface area contributed by atoms with E-state index < -0.39 is 5.97 Å². The molecule has 0 saturated carbocycles. The average molecular weight is 236 g/mol. The molecule has 2 aromatic rings. The number of rotatable bonds is 5. The standard InChI is InChI=1S/C11H12N2O4/c14-3-4-17-6-10-12-8-2-1-7(11(15)16)5-9(8)13-10/h1-2,5,14H,3-4,6H2,(H,12,13)(H,15,16). The monoisotopic (exact) mass is 236 g/mol. The highest BCUT2D eigenvalue weighted by Gasteiger charge is 2.07. The highest BCUT2D eigenvalue weighted by atomic mass is 16.5. The molecule has 0 unspecified atom stereocenters. The van der Waals surface area contributed by atoms with Gasteiger partial charge in [-0.25, -0.2) is 9.78 Å². The number of aromatic nitrogens is 2. The predicted molar refractivity (Wildman–Crippen MR) is 59.8 cm³/mol. The Morgan fingerprint density at radius 3 is 3.00 bits per heavy atom. The molecule has 0 atom stereocenters. The number of fused-ring (bicyclic) bond motifs is 1. The lowest BCUT2D eigenvalue weighted by Gasteiger charge is -1.96. The Morgan fingerprint density at radius 2 is 2.29 bits per heavy atom. The minimum atomic E-state index is -0.973. The maximum atomic E-state index is 10.8. The summed E-state index contributed by atoms with van der Waals surface area (Å²) in [7, 11) is 0. The largest absolute Gasteiger partial charge is 0.478 e. The van der Waals surface area contributed by atoms with Gasteiger partial charge in [-0.15, -0.1) is 0 Å². The van der Waals surface area contributed by atoms with Crippen LogP contribution in [-0.2, 0) is 11.3 Å². The van der Waals surface area contributed by atoms with Crippen LogP contribution in [0.2, 0.25) is 0 Å². The summed E-state index contributed by atoms with van der Waals surface area (Å²) >= 11 is 0. The molecule has 0 spiro atoms. The van der Waals surface area contributed by atoms with Gasteiger partial charge in [-0.1, -0.05) is 0 Å². The Hall–Kier alpha value is -1.92. The van der Waals surface area contributed by atoms with Gasteiger partial charge in [0.05, 0.1) is 29.8 Å². The quantitative estimate of drug-likeness (QED) is 0.666. The van der Waals surface area contributed by atoms with Crippen LogP contribution in [0.1, 0.15) is 16.2 Å². The van der Waals surface area contributed by atoms with Crippen LogP contribution < -0.4 is 0 Å². The number of carboxylic acid groups (broad SMARTS) is 1.